The van der Waals surface area contributed by atoms with Crippen molar-refractivity contribution in [3.63, 3.8) is 0 Å². The van der Waals surface area contributed by atoms with Crippen molar-refractivity contribution in [2.75, 3.05) is 17.6 Å². The van der Waals surface area contributed by atoms with Crippen LogP contribution in [-0.2, 0) is 21.4 Å². The van der Waals surface area contributed by atoms with E-state index in [4.69, 9.17) is 23.2 Å². The third-order valence-electron chi connectivity index (χ3n) is 3.86. The quantitative estimate of drug-likeness (QED) is 0.721. The maximum absolute atomic E-state index is 12.8. The zero-order valence-electron chi connectivity index (χ0n) is 14.7. The Kier molecular flexibility index (Phi) is 6.55. The number of amides is 1. The molecule has 0 saturated heterocycles. The third kappa shape index (κ3) is 4.90. The van der Waals surface area contributed by atoms with Crippen molar-refractivity contribution in [3.8, 4) is 0 Å². The van der Waals surface area contributed by atoms with E-state index in [9.17, 15) is 13.2 Å². The van der Waals surface area contributed by atoms with Crippen LogP contribution in [0.1, 0.15) is 12.5 Å². The van der Waals surface area contributed by atoms with E-state index < -0.39 is 16.1 Å². The van der Waals surface area contributed by atoms with Gasteiger partial charge in [0.25, 0.3) is 0 Å². The predicted octanol–water partition coefficient (Wildman–Crippen LogP) is 3.81. The molecule has 26 heavy (non-hydrogen) atoms. The fourth-order valence-corrected chi connectivity index (χ4v) is 4.13. The van der Waals surface area contributed by atoms with E-state index in [1.54, 1.807) is 14.0 Å². The van der Waals surface area contributed by atoms with E-state index in [2.05, 4.69) is 0 Å². The second-order valence-electron chi connectivity index (χ2n) is 6.01. The summed E-state index contributed by atoms with van der Waals surface area (Å²) in [7, 11) is -2.07. The Labute approximate surface area is 164 Å². The van der Waals surface area contributed by atoms with Crippen LogP contribution in [0.25, 0.3) is 0 Å². The third-order valence-corrected chi connectivity index (χ3v) is 5.84. The molecule has 0 saturated carbocycles. The van der Waals surface area contributed by atoms with Crippen molar-refractivity contribution < 1.29 is 13.2 Å². The summed E-state index contributed by atoms with van der Waals surface area (Å²) in [5.41, 5.74) is 1.24. The van der Waals surface area contributed by atoms with Gasteiger partial charge in [-0.3, -0.25) is 9.10 Å². The molecule has 0 fully saturated rings. The van der Waals surface area contributed by atoms with Crippen molar-refractivity contribution >= 4 is 44.8 Å². The van der Waals surface area contributed by atoms with Crippen LogP contribution in [0.3, 0.4) is 0 Å². The molecule has 5 nitrogen and oxygen atoms in total. The van der Waals surface area contributed by atoms with Gasteiger partial charge in [0.1, 0.15) is 6.04 Å². The van der Waals surface area contributed by atoms with E-state index in [1.807, 2.05) is 30.3 Å². The summed E-state index contributed by atoms with van der Waals surface area (Å²) in [4.78, 5) is 14.3. The van der Waals surface area contributed by atoms with Crippen molar-refractivity contribution in [2.45, 2.75) is 19.5 Å². The fourth-order valence-electron chi connectivity index (χ4n) is 2.68. The Hall–Kier alpha value is -1.76. The van der Waals surface area contributed by atoms with E-state index in [-0.39, 0.29) is 16.6 Å². The minimum absolute atomic E-state index is 0.218. The molecule has 2 aromatic carbocycles. The van der Waals surface area contributed by atoms with Crippen LogP contribution in [0.4, 0.5) is 5.69 Å². The molecule has 0 bridgehead atoms. The Morgan fingerprint density at radius 3 is 2.23 bits per heavy atom. The molecule has 0 aliphatic carbocycles. The molecule has 140 valence electrons. The van der Waals surface area contributed by atoms with Gasteiger partial charge in [0.2, 0.25) is 15.9 Å². The lowest BCUT2D eigenvalue weighted by atomic mass is 10.2. The van der Waals surface area contributed by atoms with E-state index in [0.29, 0.717) is 11.6 Å². The maximum Gasteiger partial charge on any atom is 0.246 e. The van der Waals surface area contributed by atoms with Gasteiger partial charge in [-0.15, -0.1) is 0 Å². The summed E-state index contributed by atoms with van der Waals surface area (Å²) in [6.07, 6.45) is 1.05. The molecule has 0 aliphatic heterocycles. The molecule has 2 rings (SSSR count). The van der Waals surface area contributed by atoms with Crippen LogP contribution in [0.2, 0.25) is 10.0 Å². The van der Waals surface area contributed by atoms with Crippen LogP contribution in [-0.4, -0.2) is 38.6 Å². The number of hydrogen-bond donors (Lipinski definition) is 0. The van der Waals surface area contributed by atoms with Crippen LogP contribution >= 0.6 is 23.2 Å². The molecule has 0 aliphatic rings. The summed E-state index contributed by atoms with van der Waals surface area (Å²) >= 11 is 11.9. The van der Waals surface area contributed by atoms with Gasteiger partial charge < -0.3 is 4.90 Å². The molecule has 0 spiro atoms. The first-order valence-corrected chi connectivity index (χ1v) is 10.4. The first kappa shape index (κ1) is 20.6. The molecule has 0 radical (unpaired) electrons. The largest absolute Gasteiger partial charge is 0.340 e. The van der Waals surface area contributed by atoms with Gasteiger partial charge in [0.15, 0.2) is 0 Å². The number of hydrogen-bond acceptors (Lipinski definition) is 3. The Balaban J connectivity index is 2.30. The van der Waals surface area contributed by atoms with Gasteiger partial charge in [-0.25, -0.2) is 8.42 Å². The zero-order valence-corrected chi connectivity index (χ0v) is 17.0. The predicted molar refractivity (Wildman–Crippen MR) is 106 cm³/mol. The molecule has 0 unspecified atom stereocenters. The van der Waals surface area contributed by atoms with Gasteiger partial charge in [-0.05, 0) is 30.7 Å². The summed E-state index contributed by atoms with van der Waals surface area (Å²) < 4.78 is 25.7. The van der Waals surface area contributed by atoms with Crippen molar-refractivity contribution in [1.82, 2.24) is 4.90 Å². The van der Waals surface area contributed by atoms with Crippen molar-refractivity contribution in [2.24, 2.45) is 0 Å². The standard InChI is InChI=1S/C18H20Cl2N2O3S/c1-13(18(23)21(2)12-14-7-5-4-6-8-14)22(26(3,24)25)15-9-10-16(19)17(20)11-15/h4-11,13H,12H2,1-3H3/t13-/m1/s1. The van der Waals surface area contributed by atoms with E-state index >= 15 is 0 Å². The summed E-state index contributed by atoms with van der Waals surface area (Å²) in [5.74, 6) is -0.328. The summed E-state index contributed by atoms with van der Waals surface area (Å²) in [6.45, 7) is 1.93. The average Bonchev–Trinajstić information content (AvgIpc) is 2.57. The Morgan fingerprint density at radius 1 is 1.08 bits per heavy atom. The topological polar surface area (TPSA) is 57.7 Å². The number of carbonyl (C=O) groups is 1. The summed E-state index contributed by atoms with van der Waals surface area (Å²) in [6, 6.07) is 13.0. The molecule has 0 heterocycles. The smallest absolute Gasteiger partial charge is 0.246 e. The highest BCUT2D eigenvalue weighted by atomic mass is 35.5. The maximum atomic E-state index is 12.8. The molecule has 0 aromatic heterocycles. The molecule has 1 atom stereocenters. The van der Waals surface area contributed by atoms with Crippen LogP contribution in [0.15, 0.2) is 48.5 Å². The fraction of sp³-hybridized carbons (Fsp3) is 0.278. The van der Waals surface area contributed by atoms with Gasteiger partial charge in [-0.2, -0.15) is 0 Å². The number of rotatable bonds is 6. The number of benzene rings is 2. The first-order chi connectivity index (χ1) is 12.1. The Bertz CT molecular complexity index is 889. The number of sulfonamides is 1. The lowest BCUT2D eigenvalue weighted by Gasteiger charge is -2.31. The second-order valence-corrected chi connectivity index (χ2v) is 8.69. The van der Waals surface area contributed by atoms with Gasteiger partial charge in [0, 0.05) is 13.6 Å². The molecule has 0 N–H and O–H groups in total. The number of carbonyl (C=O) groups excluding carboxylic acids is 1. The minimum atomic E-state index is -3.71. The normalized spacial score (nSPS) is 12.5. The van der Waals surface area contributed by atoms with Crippen LogP contribution in [0, 0.1) is 0 Å². The van der Waals surface area contributed by atoms with E-state index in [1.165, 1.54) is 23.1 Å². The highest BCUT2D eigenvalue weighted by Crippen LogP contribution is 2.30. The number of halogens is 2. The SMILES string of the molecule is C[C@H](C(=O)N(C)Cc1ccccc1)N(c1ccc(Cl)c(Cl)c1)S(C)(=O)=O. The number of nitrogens with zero attached hydrogens (tertiary/aromatic N) is 2. The van der Waals surface area contributed by atoms with Gasteiger partial charge in [-0.1, -0.05) is 53.5 Å². The van der Waals surface area contributed by atoms with Crippen molar-refractivity contribution in [3.05, 3.63) is 64.1 Å². The minimum Gasteiger partial charge on any atom is -0.340 e. The van der Waals surface area contributed by atoms with Crippen LogP contribution < -0.4 is 4.31 Å². The molecule has 1 amide bonds. The summed E-state index contributed by atoms with van der Waals surface area (Å²) in [5, 5.41) is 0.527. The molecule has 2 aromatic rings. The molecule has 8 heteroatoms. The highest BCUT2D eigenvalue weighted by Gasteiger charge is 2.31. The number of likely N-dealkylation sites (N-methyl/N-ethyl adjacent to an activating group) is 1. The monoisotopic (exact) mass is 414 g/mol. The van der Waals surface area contributed by atoms with Crippen molar-refractivity contribution in [1.29, 1.82) is 0 Å². The van der Waals surface area contributed by atoms with Gasteiger partial charge >= 0.3 is 0 Å². The van der Waals surface area contributed by atoms with Crippen LogP contribution in [0.5, 0.6) is 0 Å². The second kappa shape index (κ2) is 8.29. The molecular weight excluding hydrogens is 395 g/mol. The average molecular weight is 415 g/mol. The Morgan fingerprint density at radius 2 is 1.69 bits per heavy atom. The van der Waals surface area contributed by atoms with Gasteiger partial charge in [0.05, 0.1) is 22.0 Å². The van der Waals surface area contributed by atoms with E-state index in [0.717, 1.165) is 16.1 Å². The number of anilines is 1. The lowest BCUT2D eigenvalue weighted by Crippen LogP contribution is -2.48. The zero-order chi connectivity index (χ0) is 19.5. The first-order valence-electron chi connectivity index (χ1n) is 7.84. The highest BCUT2D eigenvalue weighted by molar-refractivity contribution is 7.92. The molecular formula is C18H20Cl2N2O3S. The lowest BCUT2D eigenvalue weighted by molar-refractivity contribution is -0.131.